The summed E-state index contributed by atoms with van der Waals surface area (Å²) < 4.78 is 5.58. The van der Waals surface area contributed by atoms with E-state index in [2.05, 4.69) is 17.1 Å². The number of morpholine rings is 1. The molecule has 1 amide bonds. The van der Waals surface area contributed by atoms with Crippen LogP contribution >= 0.6 is 11.6 Å². The molecule has 20 heavy (non-hydrogen) atoms. The van der Waals surface area contributed by atoms with Gasteiger partial charge in [0.2, 0.25) is 5.91 Å². The van der Waals surface area contributed by atoms with Crippen molar-refractivity contribution in [3.63, 3.8) is 0 Å². The molecule has 1 aliphatic heterocycles. The molecule has 5 nitrogen and oxygen atoms in total. The highest BCUT2D eigenvalue weighted by atomic mass is 35.5. The Labute approximate surface area is 124 Å². The van der Waals surface area contributed by atoms with Gasteiger partial charge in [-0.3, -0.25) is 9.69 Å². The number of halogens is 1. The third kappa shape index (κ3) is 4.10. The van der Waals surface area contributed by atoms with E-state index in [1.165, 1.54) is 0 Å². The predicted octanol–water partition coefficient (Wildman–Crippen LogP) is 1.97. The van der Waals surface area contributed by atoms with Crippen LogP contribution in [0.1, 0.15) is 13.3 Å². The molecule has 0 spiro atoms. The second-order valence-electron chi connectivity index (χ2n) is 4.92. The van der Waals surface area contributed by atoms with E-state index < -0.39 is 0 Å². The lowest BCUT2D eigenvalue weighted by Gasteiger charge is -2.31. The van der Waals surface area contributed by atoms with E-state index in [1.54, 1.807) is 18.2 Å². The number of nitrogens with two attached hydrogens (primary N) is 1. The summed E-state index contributed by atoms with van der Waals surface area (Å²) >= 11 is 5.84. The summed E-state index contributed by atoms with van der Waals surface area (Å²) in [6.45, 7) is 4.71. The molecule has 1 fully saturated rings. The van der Waals surface area contributed by atoms with E-state index in [9.17, 15) is 4.79 Å². The Bertz CT molecular complexity index is 481. The Kier molecular flexibility index (Phi) is 5.23. The van der Waals surface area contributed by atoms with Gasteiger partial charge in [0.05, 0.1) is 30.0 Å². The highest BCUT2D eigenvalue weighted by molar-refractivity contribution is 6.33. The number of amides is 1. The number of carbonyl (C=O) groups excluding carboxylic acids is 1. The Morgan fingerprint density at radius 2 is 2.40 bits per heavy atom. The van der Waals surface area contributed by atoms with Crippen LogP contribution in [0.25, 0.3) is 0 Å². The van der Waals surface area contributed by atoms with Crippen molar-refractivity contribution < 1.29 is 9.53 Å². The zero-order valence-electron chi connectivity index (χ0n) is 11.6. The number of benzene rings is 1. The number of rotatable bonds is 4. The smallest absolute Gasteiger partial charge is 0.238 e. The lowest BCUT2D eigenvalue weighted by Crippen LogP contribution is -2.45. The van der Waals surface area contributed by atoms with Crippen LogP contribution < -0.4 is 11.1 Å². The molecule has 3 N–H and O–H groups in total. The van der Waals surface area contributed by atoms with Crippen LogP contribution in [0, 0.1) is 0 Å². The van der Waals surface area contributed by atoms with Gasteiger partial charge >= 0.3 is 0 Å². The minimum atomic E-state index is -0.0523. The largest absolute Gasteiger partial charge is 0.397 e. The standard InChI is InChI=1S/C14H20ClN3O2/c1-2-11-8-18(5-6-20-11)9-14(19)17-10-3-4-12(15)13(16)7-10/h3-4,7,11H,2,5-6,8-9,16H2,1H3,(H,17,19). The molecule has 1 aromatic carbocycles. The lowest BCUT2D eigenvalue weighted by molar-refractivity contribution is -0.119. The Morgan fingerprint density at radius 3 is 3.10 bits per heavy atom. The SMILES string of the molecule is CCC1CN(CC(=O)Nc2ccc(Cl)c(N)c2)CCO1. The van der Waals surface area contributed by atoms with Gasteiger partial charge in [0.1, 0.15) is 0 Å². The molecule has 0 aliphatic carbocycles. The summed E-state index contributed by atoms with van der Waals surface area (Å²) in [4.78, 5) is 14.1. The normalized spacial score (nSPS) is 19.8. The van der Waals surface area contributed by atoms with Crippen molar-refractivity contribution in [1.29, 1.82) is 0 Å². The maximum Gasteiger partial charge on any atom is 0.238 e. The third-order valence-electron chi connectivity index (χ3n) is 3.33. The van der Waals surface area contributed by atoms with Gasteiger partial charge in [0, 0.05) is 18.8 Å². The molecule has 0 aromatic heterocycles. The molecule has 1 saturated heterocycles. The zero-order chi connectivity index (χ0) is 14.5. The molecule has 1 unspecified atom stereocenters. The van der Waals surface area contributed by atoms with E-state index in [-0.39, 0.29) is 12.0 Å². The molecule has 0 radical (unpaired) electrons. The first-order valence-corrected chi connectivity index (χ1v) is 7.15. The number of anilines is 2. The van der Waals surface area contributed by atoms with Gasteiger partial charge < -0.3 is 15.8 Å². The summed E-state index contributed by atoms with van der Waals surface area (Å²) in [5, 5.41) is 3.32. The fraction of sp³-hybridized carbons (Fsp3) is 0.500. The monoisotopic (exact) mass is 297 g/mol. The quantitative estimate of drug-likeness (QED) is 0.834. The maximum atomic E-state index is 12.0. The summed E-state index contributed by atoms with van der Waals surface area (Å²) in [6, 6.07) is 5.08. The van der Waals surface area contributed by atoms with Gasteiger partial charge in [-0.05, 0) is 24.6 Å². The van der Waals surface area contributed by atoms with Crippen molar-refractivity contribution in [2.45, 2.75) is 19.4 Å². The number of carbonyl (C=O) groups is 1. The van der Waals surface area contributed by atoms with Crippen molar-refractivity contribution in [1.82, 2.24) is 4.90 Å². The van der Waals surface area contributed by atoms with Crippen molar-refractivity contribution >= 4 is 28.9 Å². The molecule has 1 heterocycles. The molecule has 110 valence electrons. The number of hydrogen-bond donors (Lipinski definition) is 2. The van der Waals surface area contributed by atoms with Crippen LogP contribution in [0.4, 0.5) is 11.4 Å². The minimum absolute atomic E-state index is 0.0523. The van der Waals surface area contributed by atoms with E-state index in [0.29, 0.717) is 29.5 Å². The molecule has 1 aliphatic rings. The first kappa shape index (κ1) is 15.1. The highest BCUT2D eigenvalue weighted by Crippen LogP contribution is 2.22. The van der Waals surface area contributed by atoms with Crippen molar-refractivity contribution in [2.75, 3.05) is 37.3 Å². The zero-order valence-corrected chi connectivity index (χ0v) is 12.3. The molecule has 1 atom stereocenters. The second kappa shape index (κ2) is 6.92. The van der Waals surface area contributed by atoms with Gasteiger partial charge in [0.15, 0.2) is 0 Å². The molecule has 1 aromatic rings. The van der Waals surface area contributed by atoms with Crippen molar-refractivity contribution in [3.8, 4) is 0 Å². The van der Waals surface area contributed by atoms with Gasteiger partial charge in [-0.1, -0.05) is 18.5 Å². The lowest BCUT2D eigenvalue weighted by atomic mass is 10.2. The molecule has 0 saturated carbocycles. The Morgan fingerprint density at radius 1 is 1.60 bits per heavy atom. The van der Waals surface area contributed by atoms with Crippen LogP contribution in [0.2, 0.25) is 5.02 Å². The fourth-order valence-corrected chi connectivity index (χ4v) is 2.31. The van der Waals surface area contributed by atoms with Crippen molar-refractivity contribution in [2.24, 2.45) is 0 Å². The summed E-state index contributed by atoms with van der Waals surface area (Å²) in [5.74, 6) is -0.0523. The van der Waals surface area contributed by atoms with Crippen LogP contribution in [0.5, 0.6) is 0 Å². The topological polar surface area (TPSA) is 67.6 Å². The predicted molar refractivity (Wildman–Crippen MR) is 81.0 cm³/mol. The average molecular weight is 298 g/mol. The minimum Gasteiger partial charge on any atom is -0.397 e. The van der Waals surface area contributed by atoms with Crippen LogP contribution in [0.3, 0.4) is 0 Å². The number of nitrogen functional groups attached to an aromatic ring is 1. The maximum absolute atomic E-state index is 12.0. The molecular formula is C14H20ClN3O2. The highest BCUT2D eigenvalue weighted by Gasteiger charge is 2.20. The molecule has 2 rings (SSSR count). The van der Waals surface area contributed by atoms with Gasteiger partial charge in [-0.25, -0.2) is 0 Å². The van der Waals surface area contributed by atoms with Gasteiger partial charge in [-0.2, -0.15) is 0 Å². The Balaban J connectivity index is 1.87. The number of nitrogens with one attached hydrogen (secondary N) is 1. The van der Waals surface area contributed by atoms with Gasteiger partial charge in [0.25, 0.3) is 0 Å². The summed E-state index contributed by atoms with van der Waals surface area (Å²) in [5.41, 5.74) is 6.83. The molecule has 0 bridgehead atoms. The Hall–Kier alpha value is -1.30. The average Bonchev–Trinajstić information content (AvgIpc) is 2.43. The number of hydrogen-bond acceptors (Lipinski definition) is 4. The number of nitrogens with zero attached hydrogens (tertiary/aromatic N) is 1. The van der Waals surface area contributed by atoms with Crippen LogP contribution in [-0.2, 0) is 9.53 Å². The summed E-state index contributed by atoms with van der Waals surface area (Å²) in [6.07, 6.45) is 1.19. The third-order valence-corrected chi connectivity index (χ3v) is 3.67. The first-order chi connectivity index (χ1) is 9.58. The van der Waals surface area contributed by atoms with Crippen molar-refractivity contribution in [3.05, 3.63) is 23.2 Å². The van der Waals surface area contributed by atoms with E-state index in [4.69, 9.17) is 22.1 Å². The summed E-state index contributed by atoms with van der Waals surface area (Å²) in [7, 11) is 0. The van der Waals surface area contributed by atoms with E-state index in [0.717, 1.165) is 19.5 Å². The van der Waals surface area contributed by atoms with Gasteiger partial charge in [-0.15, -0.1) is 0 Å². The first-order valence-electron chi connectivity index (χ1n) is 6.77. The molecular weight excluding hydrogens is 278 g/mol. The van der Waals surface area contributed by atoms with Crippen LogP contribution in [-0.4, -0.2) is 43.2 Å². The number of ether oxygens (including phenoxy) is 1. The van der Waals surface area contributed by atoms with E-state index >= 15 is 0 Å². The second-order valence-corrected chi connectivity index (χ2v) is 5.33. The van der Waals surface area contributed by atoms with E-state index in [1.807, 2.05) is 0 Å². The molecule has 6 heteroatoms. The fourth-order valence-electron chi connectivity index (χ4n) is 2.20. The van der Waals surface area contributed by atoms with Crippen LogP contribution in [0.15, 0.2) is 18.2 Å².